The van der Waals surface area contributed by atoms with Crippen molar-refractivity contribution in [2.24, 2.45) is 5.84 Å². The first-order chi connectivity index (χ1) is 8.29. The highest BCUT2D eigenvalue weighted by Gasteiger charge is 2.12. The fourth-order valence-electron chi connectivity index (χ4n) is 1.84. The normalized spacial score (nSPS) is 17.8. The second-order valence-electron chi connectivity index (χ2n) is 4.01. The number of hydrazine groups is 1. The summed E-state index contributed by atoms with van der Waals surface area (Å²) in [4.78, 5) is 6.66. The van der Waals surface area contributed by atoms with Gasteiger partial charge in [0.15, 0.2) is 0 Å². The Morgan fingerprint density at radius 2 is 2.29 bits per heavy atom. The molecule has 1 fully saturated rings. The molecule has 0 aliphatic carbocycles. The zero-order valence-corrected chi connectivity index (χ0v) is 10.4. The van der Waals surface area contributed by atoms with Crippen LogP contribution < -0.4 is 11.3 Å². The highest BCUT2D eigenvalue weighted by Crippen LogP contribution is 2.18. The van der Waals surface area contributed by atoms with Crippen LogP contribution in [0.3, 0.4) is 0 Å². The number of pyridine rings is 1. The lowest BCUT2D eigenvalue weighted by Crippen LogP contribution is -2.26. The highest BCUT2D eigenvalue weighted by atomic mass is 35.5. The lowest BCUT2D eigenvalue weighted by atomic mass is 10.3. The van der Waals surface area contributed by atoms with Gasteiger partial charge in [-0.05, 0) is 18.6 Å². The zero-order valence-electron chi connectivity index (χ0n) is 9.66. The van der Waals surface area contributed by atoms with E-state index in [4.69, 9.17) is 22.2 Å². The van der Waals surface area contributed by atoms with Crippen LogP contribution in [-0.2, 0) is 11.3 Å². The molecule has 0 unspecified atom stereocenters. The molecule has 2 rings (SSSR count). The summed E-state index contributed by atoms with van der Waals surface area (Å²) in [5.41, 5.74) is 3.38. The molecule has 1 saturated heterocycles. The average molecular weight is 257 g/mol. The van der Waals surface area contributed by atoms with Crippen molar-refractivity contribution in [1.29, 1.82) is 0 Å². The number of halogens is 1. The van der Waals surface area contributed by atoms with Crippen LogP contribution in [0.15, 0.2) is 12.1 Å². The second kappa shape index (κ2) is 6.16. The molecule has 1 aromatic rings. The topological polar surface area (TPSA) is 63.4 Å². The molecule has 0 spiro atoms. The highest BCUT2D eigenvalue weighted by molar-refractivity contribution is 6.31. The largest absolute Gasteiger partial charge is 0.380 e. The molecular formula is C11H17ClN4O. The number of nitrogens with one attached hydrogen (secondary N) is 1. The SMILES string of the molecule is NNc1ccc(Cl)c(CN2CCCOCC2)n1. The molecule has 94 valence electrons. The minimum absolute atomic E-state index is 0.635. The third-order valence-electron chi connectivity index (χ3n) is 2.75. The van der Waals surface area contributed by atoms with Gasteiger partial charge in [-0.3, -0.25) is 4.90 Å². The number of hydrogen-bond donors (Lipinski definition) is 2. The predicted molar refractivity (Wildman–Crippen MR) is 67.8 cm³/mol. The van der Waals surface area contributed by atoms with Gasteiger partial charge in [-0.25, -0.2) is 10.8 Å². The van der Waals surface area contributed by atoms with Gasteiger partial charge in [0.1, 0.15) is 5.82 Å². The second-order valence-corrected chi connectivity index (χ2v) is 4.42. The molecule has 0 aromatic carbocycles. The molecule has 1 aliphatic heterocycles. The maximum atomic E-state index is 6.12. The number of aromatic nitrogens is 1. The van der Waals surface area contributed by atoms with Crippen LogP contribution in [-0.4, -0.2) is 36.2 Å². The molecule has 1 aliphatic rings. The Morgan fingerprint density at radius 1 is 1.41 bits per heavy atom. The third kappa shape index (κ3) is 3.54. The van der Waals surface area contributed by atoms with E-state index in [0.717, 1.165) is 45.0 Å². The smallest absolute Gasteiger partial charge is 0.140 e. The summed E-state index contributed by atoms with van der Waals surface area (Å²) in [6, 6.07) is 3.57. The standard InChI is InChI=1S/C11H17ClN4O/c12-9-2-3-11(15-13)14-10(9)8-16-4-1-6-17-7-5-16/h2-3H,1,4-8,13H2,(H,14,15). The van der Waals surface area contributed by atoms with E-state index in [2.05, 4.69) is 15.3 Å². The van der Waals surface area contributed by atoms with Crippen LogP contribution in [0.25, 0.3) is 0 Å². The molecule has 17 heavy (non-hydrogen) atoms. The summed E-state index contributed by atoms with van der Waals surface area (Å²) < 4.78 is 5.41. The monoisotopic (exact) mass is 256 g/mol. The van der Waals surface area contributed by atoms with E-state index in [1.165, 1.54) is 0 Å². The van der Waals surface area contributed by atoms with Crippen LogP contribution in [0.1, 0.15) is 12.1 Å². The molecule has 0 bridgehead atoms. The summed E-state index contributed by atoms with van der Waals surface area (Å²) in [6.45, 7) is 4.27. The lowest BCUT2D eigenvalue weighted by Gasteiger charge is -2.19. The molecule has 1 aromatic heterocycles. The van der Waals surface area contributed by atoms with Gasteiger partial charge in [-0.1, -0.05) is 11.6 Å². The number of hydrogen-bond acceptors (Lipinski definition) is 5. The minimum Gasteiger partial charge on any atom is -0.380 e. The molecule has 0 amide bonds. The van der Waals surface area contributed by atoms with Crippen molar-refractivity contribution in [3.8, 4) is 0 Å². The van der Waals surface area contributed by atoms with Crippen molar-refractivity contribution in [2.75, 3.05) is 31.7 Å². The first-order valence-electron chi connectivity index (χ1n) is 5.72. The number of nitrogens with two attached hydrogens (primary N) is 1. The zero-order chi connectivity index (χ0) is 12.1. The van der Waals surface area contributed by atoms with Gasteiger partial charge >= 0.3 is 0 Å². The van der Waals surface area contributed by atoms with E-state index in [1.807, 2.05) is 6.07 Å². The molecule has 2 heterocycles. The Kier molecular flexibility index (Phi) is 4.56. The molecule has 3 N–H and O–H groups in total. The molecule has 0 radical (unpaired) electrons. The van der Waals surface area contributed by atoms with Crippen LogP contribution in [0.4, 0.5) is 5.82 Å². The van der Waals surface area contributed by atoms with Gasteiger partial charge < -0.3 is 10.2 Å². The maximum Gasteiger partial charge on any atom is 0.140 e. The average Bonchev–Trinajstić information content (AvgIpc) is 2.60. The van der Waals surface area contributed by atoms with E-state index < -0.39 is 0 Å². The number of nitrogen functional groups attached to an aromatic ring is 1. The van der Waals surface area contributed by atoms with Gasteiger partial charge in [0.2, 0.25) is 0 Å². The third-order valence-corrected chi connectivity index (χ3v) is 3.10. The van der Waals surface area contributed by atoms with Gasteiger partial charge in [0.25, 0.3) is 0 Å². The summed E-state index contributed by atoms with van der Waals surface area (Å²) in [5.74, 6) is 5.97. The van der Waals surface area contributed by atoms with E-state index in [-0.39, 0.29) is 0 Å². The van der Waals surface area contributed by atoms with E-state index in [1.54, 1.807) is 6.07 Å². The van der Waals surface area contributed by atoms with Gasteiger partial charge in [-0.15, -0.1) is 0 Å². The number of nitrogens with zero attached hydrogens (tertiary/aromatic N) is 2. The van der Waals surface area contributed by atoms with Crippen LogP contribution in [0.5, 0.6) is 0 Å². The van der Waals surface area contributed by atoms with Crippen LogP contribution in [0, 0.1) is 0 Å². The predicted octanol–water partition coefficient (Wildman–Crippen LogP) is 1.24. The summed E-state index contributed by atoms with van der Waals surface area (Å²) >= 11 is 6.12. The number of rotatable bonds is 3. The maximum absolute atomic E-state index is 6.12. The van der Waals surface area contributed by atoms with Crippen molar-refractivity contribution in [3.63, 3.8) is 0 Å². The Labute approximate surface area is 106 Å². The van der Waals surface area contributed by atoms with Crippen molar-refractivity contribution in [2.45, 2.75) is 13.0 Å². The fraction of sp³-hybridized carbons (Fsp3) is 0.545. The van der Waals surface area contributed by atoms with Crippen LogP contribution >= 0.6 is 11.6 Å². The summed E-state index contributed by atoms with van der Waals surface area (Å²) in [5, 5.41) is 0.675. The summed E-state index contributed by atoms with van der Waals surface area (Å²) in [7, 11) is 0. The van der Waals surface area contributed by atoms with E-state index in [9.17, 15) is 0 Å². The van der Waals surface area contributed by atoms with Gasteiger partial charge in [0.05, 0.1) is 17.3 Å². The van der Waals surface area contributed by atoms with E-state index in [0.29, 0.717) is 10.8 Å². The Morgan fingerprint density at radius 3 is 3.12 bits per heavy atom. The molecular weight excluding hydrogens is 240 g/mol. The summed E-state index contributed by atoms with van der Waals surface area (Å²) in [6.07, 6.45) is 1.05. The van der Waals surface area contributed by atoms with Crippen LogP contribution in [0.2, 0.25) is 5.02 Å². The first-order valence-corrected chi connectivity index (χ1v) is 6.09. The number of ether oxygens (including phenoxy) is 1. The molecule has 6 heteroatoms. The van der Waals surface area contributed by atoms with E-state index >= 15 is 0 Å². The van der Waals surface area contributed by atoms with Crippen molar-refractivity contribution in [3.05, 3.63) is 22.8 Å². The molecule has 0 atom stereocenters. The molecule has 5 nitrogen and oxygen atoms in total. The Hall–Kier alpha value is -0.880. The molecule has 0 saturated carbocycles. The van der Waals surface area contributed by atoms with Crippen molar-refractivity contribution >= 4 is 17.4 Å². The van der Waals surface area contributed by atoms with Gasteiger partial charge in [0, 0.05) is 26.2 Å². The first kappa shape index (κ1) is 12.6. The van der Waals surface area contributed by atoms with Crippen molar-refractivity contribution < 1.29 is 4.74 Å². The van der Waals surface area contributed by atoms with Crippen molar-refractivity contribution in [1.82, 2.24) is 9.88 Å². The Bertz CT molecular complexity index is 366. The number of anilines is 1. The lowest BCUT2D eigenvalue weighted by molar-refractivity contribution is 0.140. The van der Waals surface area contributed by atoms with Gasteiger partial charge in [-0.2, -0.15) is 0 Å². The minimum atomic E-state index is 0.635. The Balaban J connectivity index is 2.05. The quantitative estimate of drug-likeness (QED) is 0.629. The fourth-order valence-corrected chi connectivity index (χ4v) is 2.01.